The summed E-state index contributed by atoms with van der Waals surface area (Å²) in [5, 5.41) is 9.34. The van der Waals surface area contributed by atoms with E-state index in [0.717, 1.165) is 43.1 Å². The highest BCUT2D eigenvalue weighted by Gasteiger charge is 2.04. The van der Waals surface area contributed by atoms with Crippen LogP contribution in [0, 0.1) is 0 Å². The van der Waals surface area contributed by atoms with E-state index in [0.29, 0.717) is 18.7 Å². The maximum absolute atomic E-state index is 12.0. The average molecular weight is 556 g/mol. The van der Waals surface area contributed by atoms with Crippen molar-refractivity contribution in [1.82, 2.24) is 20.9 Å². The molecule has 0 aliphatic rings. The highest BCUT2D eigenvalue weighted by Crippen LogP contribution is 2.10. The molecule has 1 aromatic carbocycles. The lowest BCUT2D eigenvalue weighted by Gasteiger charge is -2.18. The number of carbonyl (C=O) groups excluding carboxylic acids is 1. The summed E-state index contributed by atoms with van der Waals surface area (Å²) in [4.78, 5) is 18.4. The molecular formula is C18H31BrIN5O2. The van der Waals surface area contributed by atoms with E-state index in [4.69, 9.17) is 4.74 Å². The number of likely N-dealkylation sites (N-methyl/N-ethyl adjacent to an activating group) is 1. The Hall–Kier alpha value is -0.910. The molecular weight excluding hydrogens is 525 g/mol. The molecule has 0 atom stereocenters. The van der Waals surface area contributed by atoms with Crippen molar-refractivity contribution in [2.45, 2.75) is 6.42 Å². The number of methoxy groups -OCH3 is 1. The third-order valence-corrected chi connectivity index (χ3v) is 4.24. The Kier molecular flexibility index (Phi) is 15.5. The summed E-state index contributed by atoms with van der Waals surface area (Å²) >= 11 is 3.36. The van der Waals surface area contributed by atoms with Crippen LogP contribution in [-0.2, 0) is 4.74 Å². The van der Waals surface area contributed by atoms with Crippen LogP contribution >= 0.6 is 39.9 Å². The van der Waals surface area contributed by atoms with Gasteiger partial charge >= 0.3 is 0 Å². The number of hydrogen-bond donors (Lipinski definition) is 3. The Bertz CT molecular complexity index is 557. The number of halogens is 2. The van der Waals surface area contributed by atoms with Crippen LogP contribution in [0.5, 0.6) is 0 Å². The summed E-state index contributed by atoms with van der Waals surface area (Å²) in [5.74, 6) is 0.646. The third-order valence-electron chi connectivity index (χ3n) is 3.71. The van der Waals surface area contributed by atoms with Gasteiger partial charge in [0.25, 0.3) is 5.91 Å². The second-order valence-corrected chi connectivity index (χ2v) is 6.75. The molecule has 1 aromatic rings. The molecule has 27 heavy (non-hydrogen) atoms. The number of ether oxygens (including phenoxy) is 1. The highest BCUT2D eigenvalue weighted by molar-refractivity contribution is 14.0. The zero-order valence-electron chi connectivity index (χ0n) is 16.3. The van der Waals surface area contributed by atoms with Crippen molar-refractivity contribution in [3.63, 3.8) is 0 Å². The minimum atomic E-state index is -0.0834. The molecule has 0 aliphatic carbocycles. The summed E-state index contributed by atoms with van der Waals surface area (Å²) in [5.41, 5.74) is 0.646. The molecule has 154 valence electrons. The first-order chi connectivity index (χ1) is 12.6. The van der Waals surface area contributed by atoms with Crippen LogP contribution in [0.2, 0.25) is 0 Å². The molecule has 0 saturated heterocycles. The molecule has 9 heteroatoms. The first kappa shape index (κ1) is 26.1. The quantitative estimate of drug-likeness (QED) is 0.168. The first-order valence-corrected chi connectivity index (χ1v) is 9.52. The van der Waals surface area contributed by atoms with Gasteiger partial charge in [-0.2, -0.15) is 0 Å². The van der Waals surface area contributed by atoms with Gasteiger partial charge in [-0.3, -0.25) is 9.79 Å². The largest absolute Gasteiger partial charge is 0.385 e. The third kappa shape index (κ3) is 12.2. The molecule has 0 radical (unpaired) electrons. The van der Waals surface area contributed by atoms with Gasteiger partial charge in [0.1, 0.15) is 0 Å². The van der Waals surface area contributed by atoms with Crippen LogP contribution < -0.4 is 16.0 Å². The van der Waals surface area contributed by atoms with Crippen LogP contribution in [0.25, 0.3) is 0 Å². The lowest BCUT2D eigenvalue weighted by molar-refractivity contribution is 0.0954. The average Bonchev–Trinajstić information content (AvgIpc) is 2.64. The van der Waals surface area contributed by atoms with Gasteiger partial charge in [0.2, 0.25) is 0 Å². The molecule has 0 aromatic heterocycles. The second kappa shape index (κ2) is 16.1. The van der Waals surface area contributed by atoms with Crippen molar-refractivity contribution in [2.24, 2.45) is 4.99 Å². The molecule has 1 amide bonds. The number of carbonyl (C=O) groups is 1. The topological polar surface area (TPSA) is 78.0 Å². The molecule has 3 N–H and O–H groups in total. The number of hydrogen-bond acceptors (Lipinski definition) is 4. The smallest absolute Gasteiger partial charge is 0.251 e. The van der Waals surface area contributed by atoms with E-state index in [-0.39, 0.29) is 29.9 Å². The summed E-state index contributed by atoms with van der Waals surface area (Å²) in [6, 6.07) is 7.28. The number of guanidine groups is 1. The molecule has 0 unspecified atom stereocenters. The van der Waals surface area contributed by atoms with Crippen molar-refractivity contribution in [2.75, 3.05) is 60.5 Å². The molecule has 0 aliphatic heterocycles. The van der Waals surface area contributed by atoms with Crippen LogP contribution in [0.4, 0.5) is 0 Å². The predicted molar refractivity (Wildman–Crippen MR) is 125 cm³/mol. The lowest BCUT2D eigenvalue weighted by atomic mass is 10.2. The Morgan fingerprint density at radius 1 is 1.11 bits per heavy atom. The molecule has 0 saturated carbocycles. The number of nitrogens with zero attached hydrogens (tertiary/aromatic N) is 2. The summed E-state index contributed by atoms with van der Waals surface area (Å²) in [6.45, 7) is 4.63. The fraction of sp³-hybridized carbons (Fsp3) is 0.556. The van der Waals surface area contributed by atoms with Gasteiger partial charge in [-0.15, -0.1) is 24.0 Å². The van der Waals surface area contributed by atoms with E-state index in [9.17, 15) is 4.79 Å². The fourth-order valence-electron chi connectivity index (χ4n) is 2.24. The molecule has 0 fully saturated rings. The van der Waals surface area contributed by atoms with Gasteiger partial charge in [0.05, 0.1) is 0 Å². The first-order valence-electron chi connectivity index (χ1n) is 8.72. The highest BCUT2D eigenvalue weighted by atomic mass is 127. The number of rotatable bonds is 11. The van der Waals surface area contributed by atoms with Crippen molar-refractivity contribution < 1.29 is 9.53 Å². The Morgan fingerprint density at radius 2 is 1.74 bits per heavy atom. The monoisotopic (exact) mass is 555 g/mol. The van der Waals surface area contributed by atoms with Crippen LogP contribution in [-0.4, -0.2) is 77.3 Å². The summed E-state index contributed by atoms with van der Waals surface area (Å²) in [6.07, 6.45) is 1.03. The van der Waals surface area contributed by atoms with Crippen molar-refractivity contribution in [3.05, 3.63) is 34.3 Å². The van der Waals surface area contributed by atoms with Crippen molar-refractivity contribution >= 4 is 51.8 Å². The normalized spacial score (nSPS) is 11.1. The van der Waals surface area contributed by atoms with E-state index in [1.54, 1.807) is 26.3 Å². The van der Waals surface area contributed by atoms with Gasteiger partial charge in [0.15, 0.2) is 5.96 Å². The van der Waals surface area contributed by atoms with Crippen LogP contribution in [0.15, 0.2) is 33.7 Å². The zero-order valence-corrected chi connectivity index (χ0v) is 20.2. The van der Waals surface area contributed by atoms with E-state index in [1.165, 1.54) is 0 Å². The molecule has 7 nitrogen and oxygen atoms in total. The van der Waals surface area contributed by atoms with E-state index >= 15 is 0 Å². The van der Waals surface area contributed by atoms with Gasteiger partial charge in [0, 0.05) is 63.5 Å². The van der Waals surface area contributed by atoms with Crippen molar-refractivity contribution in [1.29, 1.82) is 0 Å². The minimum absolute atomic E-state index is 0. The standard InChI is InChI=1S/C18H30BrN5O2.HI/c1-20-18(23-11-13-24(2)12-4-14-26-3)22-10-9-21-17(25)15-5-7-16(19)8-6-15;/h5-8H,4,9-14H2,1-3H3,(H,21,25)(H2,20,22,23);1H. The number of aliphatic imine (C=N–C) groups is 1. The van der Waals surface area contributed by atoms with E-state index < -0.39 is 0 Å². The summed E-state index contributed by atoms with van der Waals surface area (Å²) < 4.78 is 6.01. The number of benzene rings is 1. The second-order valence-electron chi connectivity index (χ2n) is 5.84. The lowest BCUT2D eigenvalue weighted by Crippen LogP contribution is -2.43. The molecule has 0 heterocycles. The van der Waals surface area contributed by atoms with Gasteiger partial charge in [-0.05, 0) is 37.7 Å². The number of amides is 1. The maximum Gasteiger partial charge on any atom is 0.251 e. The predicted octanol–water partition coefficient (Wildman–Crippen LogP) is 1.93. The van der Waals surface area contributed by atoms with Crippen LogP contribution in [0.3, 0.4) is 0 Å². The fourth-order valence-corrected chi connectivity index (χ4v) is 2.50. The number of nitrogens with one attached hydrogen (secondary N) is 3. The van der Waals surface area contributed by atoms with E-state index in [2.05, 4.69) is 48.8 Å². The summed E-state index contributed by atoms with van der Waals surface area (Å²) in [7, 11) is 5.54. The SMILES string of the molecule is CN=C(NCCNC(=O)c1ccc(Br)cc1)NCCN(C)CCCOC.I. The Balaban J connectivity index is 0.00000676. The minimum Gasteiger partial charge on any atom is -0.385 e. The van der Waals surface area contributed by atoms with Crippen molar-refractivity contribution in [3.8, 4) is 0 Å². The molecule has 1 rings (SSSR count). The van der Waals surface area contributed by atoms with Gasteiger partial charge in [-0.1, -0.05) is 15.9 Å². The molecule has 0 spiro atoms. The van der Waals surface area contributed by atoms with Gasteiger partial charge in [-0.25, -0.2) is 0 Å². The van der Waals surface area contributed by atoms with E-state index in [1.807, 2.05) is 12.1 Å². The van der Waals surface area contributed by atoms with Gasteiger partial charge < -0.3 is 25.6 Å². The molecule has 0 bridgehead atoms. The maximum atomic E-state index is 12.0. The van der Waals surface area contributed by atoms with Crippen LogP contribution in [0.1, 0.15) is 16.8 Å². The zero-order chi connectivity index (χ0) is 19.2. The Labute approximate surface area is 187 Å². The Morgan fingerprint density at radius 3 is 2.37 bits per heavy atom.